The molecule has 0 amide bonds. The first kappa shape index (κ1) is 13.3. The summed E-state index contributed by atoms with van der Waals surface area (Å²) >= 11 is 0. The SMILES string of the molecule is CCN(Cc1ccncc1)Cc1occc1C(=O)O. The van der Waals surface area contributed by atoms with Crippen molar-refractivity contribution in [2.24, 2.45) is 0 Å². The molecule has 0 bridgehead atoms. The molecule has 19 heavy (non-hydrogen) atoms. The van der Waals surface area contributed by atoms with E-state index in [9.17, 15) is 4.79 Å². The zero-order valence-corrected chi connectivity index (χ0v) is 10.7. The van der Waals surface area contributed by atoms with Gasteiger partial charge in [0, 0.05) is 18.9 Å². The Bertz CT molecular complexity index is 537. The topological polar surface area (TPSA) is 66.6 Å². The van der Waals surface area contributed by atoms with E-state index in [-0.39, 0.29) is 5.56 Å². The summed E-state index contributed by atoms with van der Waals surface area (Å²) in [6.45, 7) is 4.05. The number of carboxylic acids is 1. The number of pyridine rings is 1. The molecule has 2 heterocycles. The summed E-state index contributed by atoms with van der Waals surface area (Å²) in [5.74, 6) is -0.466. The average Bonchev–Trinajstić information content (AvgIpc) is 2.87. The molecule has 0 unspecified atom stereocenters. The maximum atomic E-state index is 11.0. The van der Waals surface area contributed by atoms with Crippen molar-refractivity contribution in [3.05, 3.63) is 53.7 Å². The molecule has 2 rings (SSSR count). The van der Waals surface area contributed by atoms with Crippen LogP contribution in [0.5, 0.6) is 0 Å². The standard InChI is InChI=1S/C14H16N2O3/c1-2-16(9-11-3-6-15-7-4-11)10-13-12(14(17)18)5-8-19-13/h3-8H,2,9-10H2,1H3,(H,17,18). The Balaban J connectivity index is 2.07. The summed E-state index contributed by atoms with van der Waals surface area (Å²) in [7, 11) is 0. The summed E-state index contributed by atoms with van der Waals surface area (Å²) in [6.07, 6.45) is 4.91. The lowest BCUT2D eigenvalue weighted by Gasteiger charge is -2.19. The van der Waals surface area contributed by atoms with Gasteiger partial charge in [0.2, 0.25) is 0 Å². The molecule has 0 aliphatic carbocycles. The van der Waals surface area contributed by atoms with E-state index < -0.39 is 5.97 Å². The largest absolute Gasteiger partial charge is 0.478 e. The van der Waals surface area contributed by atoms with Gasteiger partial charge in [-0.3, -0.25) is 9.88 Å². The van der Waals surface area contributed by atoms with Gasteiger partial charge in [0.15, 0.2) is 0 Å². The van der Waals surface area contributed by atoms with Gasteiger partial charge in [0.1, 0.15) is 11.3 Å². The molecule has 0 aliphatic rings. The fourth-order valence-electron chi connectivity index (χ4n) is 1.88. The Morgan fingerprint density at radius 2 is 2.05 bits per heavy atom. The van der Waals surface area contributed by atoms with Gasteiger partial charge in [-0.1, -0.05) is 6.92 Å². The highest BCUT2D eigenvalue weighted by Crippen LogP contribution is 2.15. The Morgan fingerprint density at radius 3 is 2.68 bits per heavy atom. The molecule has 0 aromatic carbocycles. The maximum Gasteiger partial charge on any atom is 0.339 e. The van der Waals surface area contributed by atoms with E-state index >= 15 is 0 Å². The van der Waals surface area contributed by atoms with Gasteiger partial charge < -0.3 is 9.52 Å². The first-order chi connectivity index (χ1) is 9.20. The molecule has 2 aromatic heterocycles. The monoisotopic (exact) mass is 260 g/mol. The van der Waals surface area contributed by atoms with Crippen LogP contribution in [0.15, 0.2) is 41.3 Å². The molecule has 0 radical (unpaired) electrons. The van der Waals surface area contributed by atoms with Gasteiger partial charge in [-0.05, 0) is 30.3 Å². The van der Waals surface area contributed by atoms with Gasteiger partial charge in [-0.25, -0.2) is 4.79 Å². The zero-order valence-electron chi connectivity index (χ0n) is 10.7. The molecule has 0 saturated heterocycles. The molecule has 0 spiro atoms. The first-order valence-corrected chi connectivity index (χ1v) is 6.11. The van der Waals surface area contributed by atoms with Crippen LogP contribution in [0.25, 0.3) is 0 Å². The highest BCUT2D eigenvalue weighted by Gasteiger charge is 2.16. The molecule has 0 aliphatic heterocycles. The molecule has 0 fully saturated rings. The maximum absolute atomic E-state index is 11.0. The second-order valence-corrected chi connectivity index (χ2v) is 4.22. The Morgan fingerprint density at radius 1 is 1.32 bits per heavy atom. The van der Waals surface area contributed by atoms with Crippen molar-refractivity contribution in [1.82, 2.24) is 9.88 Å². The van der Waals surface area contributed by atoms with Crippen LogP contribution in [0.2, 0.25) is 0 Å². The number of hydrogen-bond acceptors (Lipinski definition) is 4. The quantitative estimate of drug-likeness (QED) is 0.863. The van der Waals surface area contributed by atoms with Crippen LogP contribution in [0.1, 0.15) is 28.6 Å². The third kappa shape index (κ3) is 3.42. The van der Waals surface area contributed by atoms with Crippen molar-refractivity contribution in [1.29, 1.82) is 0 Å². The smallest absolute Gasteiger partial charge is 0.339 e. The van der Waals surface area contributed by atoms with Gasteiger partial charge in [-0.2, -0.15) is 0 Å². The van der Waals surface area contributed by atoms with Crippen molar-refractivity contribution in [3.63, 3.8) is 0 Å². The predicted molar refractivity (Wildman–Crippen MR) is 69.7 cm³/mol. The van der Waals surface area contributed by atoms with E-state index in [2.05, 4.69) is 9.88 Å². The Hall–Kier alpha value is -2.14. The number of rotatable bonds is 6. The lowest BCUT2D eigenvalue weighted by atomic mass is 10.2. The van der Waals surface area contributed by atoms with Crippen LogP contribution in [-0.4, -0.2) is 27.5 Å². The van der Waals surface area contributed by atoms with Gasteiger partial charge >= 0.3 is 5.97 Å². The lowest BCUT2D eigenvalue weighted by molar-refractivity contribution is 0.0692. The van der Waals surface area contributed by atoms with Crippen molar-refractivity contribution >= 4 is 5.97 Å². The van der Waals surface area contributed by atoms with Gasteiger partial charge in [0.05, 0.1) is 12.8 Å². The average molecular weight is 260 g/mol. The first-order valence-electron chi connectivity index (χ1n) is 6.11. The van der Waals surface area contributed by atoms with Gasteiger partial charge in [-0.15, -0.1) is 0 Å². The molecule has 1 N–H and O–H groups in total. The normalized spacial score (nSPS) is 10.8. The van der Waals surface area contributed by atoms with E-state index in [0.717, 1.165) is 18.7 Å². The number of aromatic nitrogens is 1. The summed E-state index contributed by atoms with van der Waals surface area (Å²) in [5, 5.41) is 9.04. The molecular formula is C14H16N2O3. The van der Waals surface area contributed by atoms with Crippen molar-refractivity contribution in [3.8, 4) is 0 Å². The Labute approximate surface area is 111 Å². The predicted octanol–water partition coefficient (Wildman–Crippen LogP) is 2.39. The van der Waals surface area contributed by atoms with E-state index in [0.29, 0.717) is 12.3 Å². The lowest BCUT2D eigenvalue weighted by Crippen LogP contribution is -2.23. The number of aromatic carboxylic acids is 1. The fourth-order valence-corrected chi connectivity index (χ4v) is 1.88. The molecule has 5 nitrogen and oxygen atoms in total. The number of hydrogen-bond donors (Lipinski definition) is 1. The van der Waals surface area contributed by atoms with Crippen LogP contribution in [-0.2, 0) is 13.1 Å². The van der Waals surface area contributed by atoms with Crippen molar-refractivity contribution in [2.75, 3.05) is 6.54 Å². The molecule has 100 valence electrons. The molecule has 0 atom stereocenters. The molecule has 0 saturated carbocycles. The van der Waals surface area contributed by atoms with Crippen LogP contribution in [0, 0.1) is 0 Å². The van der Waals surface area contributed by atoms with E-state index in [1.54, 1.807) is 12.4 Å². The van der Waals surface area contributed by atoms with Crippen molar-refractivity contribution in [2.45, 2.75) is 20.0 Å². The Kier molecular flexibility index (Phi) is 4.30. The highest BCUT2D eigenvalue weighted by atomic mass is 16.4. The third-order valence-electron chi connectivity index (χ3n) is 2.95. The highest BCUT2D eigenvalue weighted by molar-refractivity contribution is 5.88. The molecular weight excluding hydrogens is 244 g/mol. The van der Waals surface area contributed by atoms with E-state index in [4.69, 9.17) is 9.52 Å². The van der Waals surface area contributed by atoms with Gasteiger partial charge in [0.25, 0.3) is 0 Å². The minimum absolute atomic E-state index is 0.230. The fraction of sp³-hybridized carbons (Fsp3) is 0.286. The van der Waals surface area contributed by atoms with Crippen LogP contribution >= 0.6 is 0 Å². The number of carboxylic acid groups (broad SMARTS) is 1. The van der Waals surface area contributed by atoms with Crippen LogP contribution < -0.4 is 0 Å². The minimum atomic E-state index is -0.955. The van der Waals surface area contributed by atoms with Crippen molar-refractivity contribution < 1.29 is 14.3 Å². The summed E-state index contributed by atoms with van der Waals surface area (Å²) in [5.41, 5.74) is 1.37. The van der Waals surface area contributed by atoms with E-state index in [1.807, 2.05) is 19.1 Å². The summed E-state index contributed by atoms with van der Waals surface area (Å²) < 4.78 is 5.26. The third-order valence-corrected chi connectivity index (χ3v) is 2.95. The number of furan rings is 1. The van der Waals surface area contributed by atoms with E-state index in [1.165, 1.54) is 12.3 Å². The van der Waals surface area contributed by atoms with Crippen LogP contribution in [0.3, 0.4) is 0 Å². The number of carbonyl (C=O) groups is 1. The minimum Gasteiger partial charge on any atom is -0.478 e. The molecule has 5 heteroatoms. The summed E-state index contributed by atoms with van der Waals surface area (Å²) in [6, 6.07) is 5.38. The molecule has 2 aromatic rings. The second-order valence-electron chi connectivity index (χ2n) is 4.22. The summed E-state index contributed by atoms with van der Waals surface area (Å²) in [4.78, 5) is 17.1. The second kappa shape index (κ2) is 6.15. The number of nitrogens with zero attached hydrogens (tertiary/aromatic N) is 2. The van der Waals surface area contributed by atoms with Crippen LogP contribution in [0.4, 0.5) is 0 Å². The zero-order chi connectivity index (χ0) is 13.7.